The molecule has 1 N–H and O–H groups in total. The van der Waals surface area contributed by atoms with E-state index in [1.165, 1.54) is 0 Å². The molecule has 0 fully saturated rings. The fourth-order valence-electron chi connectivity index (χ4n) is 1.75. The van der Waals surface area contributed by atoms with Crippen LogP contribution in [0.3, 0.4) is 0 Å². The minimum atomic E-state index is -0.161. The molecule has 108 valence electrons. The van der Waals surface area contributed by atoms with Crippen molar-refractivity contribution in [2.75, 3.05) is 0 Å². The molecule has 0 spiro atoms. The van der Waals surface area contributed by atoms with Gasteiger partial charge in [-0.05, 0) is 27.7 Å². The lowest BCUT2D eigenvalue weighted by molar-refractivity contribution is 0.0949. The normalized spacial score (nSPS) is 11.6. The standard InChI is InChI=1S/C13H20N6O/c1-5-18-9-15-17-11(18)7-14-12(20)10-6-16-19(8-10)13(2,3)4/h6,8-9H,5,7H2,1-4H3,(H,14,20). The summed E-state index contributed by atoms with van der Waals surface area (Å²) < 4.78 is 3.66. The number of amides is 1. The first kappa shape index (κ1) is 14.2. The van der Waals surface area contributed by atoms with Crippen molar-refractivity contribution in [2.24, 2.45) is 0 Å². The van der Waals surface area contributed by atoms with E-state index in [9.17, 15) is 4.79 Å². The van der Waals surface area contributed by atoms with Gasteiger partial charge in [-0.25, -0.2) is 0 Å². The maximum Gasteiger partial charge on any atom is 0.254 e. The Kier molecular flexibility index (Phi) is 3.87. The zero-order valence-corrected chi connectivity index (χ0v) is 12.3. The first-order valence-electron chi connectivity index (χ1n) is 6.62. The summed E-state index contributed by atoms with van der Waals surface area (Å²) in [4.78, 5) is 12.1. The van der Waals surface area contributed by atoms with Gasteiger partial charge in [0.1, 0.15) is 6.33 Å². The first-order chi connectivity index (χ1) is 9.41. The van der Waals surface area contributed by atoms with Crippen LogP contribution < -0.4 is 5.32 Å². The molecule has 7 nitrogen and oxygen atoms in total. The molecule has 2 aromatic rings. The minimum Gasteiger partial charge on any atom is -0.345 e. The molecule has 0 radical (unpaired) electrons. The average molecular weight is 276 g/mol. The molecule has 2 rings (SSSR count). The molecule has 0 aliphatic heterocycles. The number of carbonyl (C=O) groups is 1. The van der Waals surface area contributed by atoms with Crippen molar-refractivity contribution in [3.05, 3.63) is 30.1 Å². The van der Waals surface area contributed by atoms with E-state index in [-0.39, 0.29) is 11.4 Å². The van der Waals surface area contributed by atoms with Gasteiger partial charge in [0.15, 0.2) is 5.82 Å². The van der Waals surface area contributed by atoms with Crippen LogP contribution in [0.1, 0.15) is 43.9 Å². The highest BCUT2D eigenvalue weighted by Crippen LogP contribution is 2.13. The van der Waals surface area contributed by atoms with Crippen molar-refractivity contribution in [3.63, 3.8) is 0 Å². The highest BCUT2D eigenvalue weighted by atomic mass is 16.1. The van der Waals surface area contributed by atoms with Gasteiger partial charge in [0.05, 0.1) is 23.8 Å². The van der Waals surface area contributed by atoms with E-state index in [2.05, 4.69) is 20.6 Å². The molecule has 7 heteroatoms. The Labute approximate surface area is 118 Å². The quantitative estimate of drug-likeness (QED) is 0.909. The van der Waals surface area contributed by atoms with Crippen molar-refractivity contribution in [1.82, 2.24) is 29.9 Å². The largest absolute Gasteiger partial charge is 0.345 e. The lowest BCUT2D eigenvalue weighted by Crippen LogP contribution is -2.25. The number of aryl methyl sites for hydroxylation is 1. The van der Waals surface area contributed by atoms with Gasteiger partial charge >= 0.3 is 0 Å². The van der Waals surface area contributed by atoms with Gasteiger partial charge in [-0.1, -0.05) is 0 Å². The molecule has 1 amide bonds. The Bertz CT molecular complexity index is 592. The Morgan fingerprint density at radius 3 is 2.75 bits per heavy atom. The third-order valence-corrected chi connectivity index (χ3v) is 2.98. The molecule has 0 saturated carbocycles. The van der Waals surface area contributed by atoms with Crippen LogP contribution in [0.5, 0.6) is 0 Å². The lowest BCUT2D eigenvalue weighted by atomic mass is 10.1. The van der Waals surface area contributed by atoms with Gasteiger partial charge in [-0.2, -0.15) is 5.10 Å². The zero-order chi connectivity index (χ0) is 14.8. The van der Waals surface area contributed by atoms with E-state index in [4.69, 9.17) is 0 Å². The molecule has 2 heterocycles. The number of nitrogens with zero attached hydrogens (tertiary/aromatic N) is 5. The summed E-state index contributed by atoms with van der Waals surface area (Å²) >= 11 is 0. The van der Waals surface area contributed by atoms with Crippen molar-refractivity contribution < 1.29 is 4.79 Å². The van der Waals surface area contributed by atoms with E-state index in [0.717, 1.165) is 12.4 Å². The third kappa shape index (κ3) is 3.04. The van der Waals surface area contributed by atoms with Crippen molar-refractivity contribution in [2.45, 2.75) is 46.3 Å². The molecule has 2 aromatic heterocycles. The molecule has 20 heavy (non-hydrogen) atoms. The highest BCUT2D eigenvalue weighted by molar-refractivity contribution is 5.93. The summed E-state index contributed by atoms with van der Waals surface area (Å²) in [6.07, 6.45) is 4.98. The summed E-state index contributed by atoms with van der Waals surface area (Å²) in [5.41, 5.74) is 0.406. The Morgan fingerprint density at radius 2 is 2.15 bits per heavy atom. The van der Waals surface area contributed by atoms with Crippen molar-refractivity contribution in [3.8, 4) is 0 Å². The zero-order valence-electron chi connectivity index (χ0n) is 12.3. The molecule has 0 bridgehead atoms. The molecule has 0 unspecified atom stereocenters. The van der Waals surface area contributed by atoms with Crippen LogP contribution in [0.25, 0.3) is 0 Å². The Balaban J connectivity index is 2.00. The topological polar surface area (TPSA) is 77.6 Å². The fourth-order valence-corrected chi connectivity index (χ4v) is 1.75. The van der Waals surface area contributed by atoms with Gasteiger partial charge in [0, 0.05) is 12.7 Å². The molecule has 0 saturated heterocycles. The number of nitrogens with one attached hydrogen (secondary N) is 1. The fraction of sp³-hybridized carbons (Fsp3) is 0.538. The number of carbonyl (C=O) groups excluding carboxylic acids is 1. The van der Waals surface area contributed by atoms with Crippen LogP contribution in [-0.4, -0.2) is 30.5 Å². The SMILES string of the molecule is CCn1cnnc1CNC(=O)c1cnn(C(C)(C)C)c1. The average Bonchev–Trinajstić information content (AvgIpc) is 3.03. The predicted molar refractivity (Wildman–Crippen MR) is 74.1 cm³/mol. The van der Waals surface area contributed by atoms with E-state index in [1.54, 1.807) is 23.4 Å². The first-order valence-corrected chi connectivity index (χ1v) is 6.62. The van der Waals surface area contributed by atoms with Gasteiger partial charge in [0.2, 0.25) is 0 Å². The van der Waals surface area contributed by atoms with Crippen LogP contribution in [-0.2, 0) is 18.6 Å². The van der Waals surface area contributed by atoms with Gasteiger partial charge in [0.25, 0.3) is 5.91 Å². The van der Waals surface area contributed by atoms with E-state index in [1.807, 2.05) is 32.3 Å². The predicted octanol–water partition coefficient (Wildman–Crippen LogP) is 1.18. The van der Waals surface area contributed by atoms with E-state index in [0.29, 0.717) is 12.1 Å². The van der Waals surface area contributed by atoms with Crippen molar-refractivity contribution in [1.29, 1.82) is 0 Å². The number of aromatic nitrogens is 5. The number of rotatable bonds is 4. The summed E-state index contributed by atoms with van der Waals surface area (Å²) in [5.74, 6) is 0.579. The molecule has 0 aromatic carbocycles. The second kappa shape index (κ2) is 5.44. The summed E-state index contributed by atoms with van der Waals surface area (Å²) in [6, 6.07) is 0. The van der Waals surface area contributed by atoms with Crippen LogP contribution in [0.15, 0.2) is 18.7 Å². The smallest absolute Gasteiger partial charge is 0.254 e. The lowest BCUT2D eigenvalue weighted by Gasteiger charge is -2.18. The van der Waals surface area contributed by atoms with Crippen LogP contribution >= 0.6 is 0 Å². The second-order valence-corrected chi connectivity index (χ2v) is 5.56. The summed E-state index contributed by atoms with van der Waals surface area (Å²) in [7, 11) is 0. The summed E-state index contributed by atoms with van der Waals surface area (Å²) in [5, 5.41) is 14.8. The number of hydrogen-bond donors (Lipinski definition) is 1. The van der Waals surface area contributed by atoms with E-state index >= 15 is 0 Å². The monoisotopic (exact) mass is 276 g/mol. The van der Waals surface area contributed by atoms with Crippen LogP contribution in [0.2, 0.25) is 0 Å². The molecule has 0 atom stereocenters. The van der Waals surface area contributed by atoms with Crippen molar-refractivity contribution >= 4 is 5.91 Å². The van der Waals surface area contributed by atoms with Gasteiger partial charge < -0.3 is 9.88 Å². The van der Waals surface area contributed by atoms with Gasteiger partial charge in [-0.3, -0.25) is 9.48 Å². The minimum absolute atomic E-state index is 0.138. The second-order valence-electron chi connectivity index (χ2n) is 5.56. The maximum atomic E-state index is 12.1. The number of hydrogen-bond acceptors (Lipinski definition) is 4. The molecule has 0 aliphatic carbocycles. The van der Waals surface area contributed by atoms with Gasteiger partial charge in [-0.15, -0.1) is 10.2 Å². The highest BCUT2D eigenvalue weighted by Gasteiger charge is 2.17. The third-order valence-electron chi connectivity index (χ3n) is 2.98. The molecular formula is C13H20N6O. The van der Waals surface area contributed by atoms with Crippen LogP contribution in [0, 0.1) is 0 Å². The Morgan fingerprint density at radius 1 is 1.40 bits per heavy atom. The molecule has 0 aliphatic rings. The molecular weight excluding hydrogens is 256 g/mol. The van der Waals surface area contributed by atoms with Crippen LogP contribution in [0.4, 0.5) is 0 Å². The maximum absolute atomic E-state index is 12.1. The Hall–Kier alpha value is -2.18. The summed E-state index contributed by atoms with van der Waals surface area (Å²) in [6.45, 7) is 9.23. The van der Waals surface area contributed by atoms with E-state index < -0.39 is 0 Å².